The Bertz CT molecular complexity index is 482. The van der Waals surface area contributed by atoms with Gasteiger partial charge in [-0.05, 0) is 45.2 Å². The number of nitrogens with zero attached hydrogens (tertiary/aromatic N) is 2. The smallest absolute Gasteiger partial charge is 0.322 e. The van der Waals surface area contributed by atoms with Crippen LogP contribution in [0.15, 0.2) is 0 Å². The lowest BCUT2D eigenvalue weighted by molar-refractivity contribution is -0.142. The maximum atomic E-state index is 12.5. The van der Waals surface area contributed by atoms with Crippen LogP contribution >= 0.6 is 0 Å². The number of likely N-dealkylation sites (tertiary alicyclic amines) is 1. The van der Waals surface area contributed by atoms with Gasteiger partial charge in [0.25, 0.3) is 10.2 Å². The summed E-state index contributed by atoms with van der Waals surface area (Å²) in [6.45, 7) is 4.00. The van der Waals surface area contributed by atoms with Crippen LogP contribution in [-0.2, 0) is 15.0 Å². The Labute approximate surface area is 126 Å². The molecule has 8 heteroatoms. The first-order chi connectivity index (χ1) is 9.81. The minimum Gasteiger partial charge on any atom is -0.480 e. The second kappa shape index (κ2) is 6.60. The average molecular weight is 319 g/mol. The number of hydrogen-bond acceptors (Lipinski definition) is 4. The summed E-state index contributed by atoms with van der Waals surface area (Å²) in [6.07, 6.45) is 2.61. The molecule has 0 aromatic rings. The molecule has 2 fully saturated rings. The van der Waals surface area contributed by atoms with Gasteiger partial charge in [0, 0.05) is 19.1 Å². The zero-order valence-electron chi connectivity index (χ0n) is 12.7. The van der Waals surface area contributed by atoms with E-state index in [0.29, 0.717) is 12.8 Å². The topological polar surface area (TPSA) is 90.0 Å². The highest BCUT2D eigenvalue weighted by Gasteiger charge is 2.38. The molecule has 0 amide bonds. The third kappa shape index (κ3) is 3.94. The van der Waals surface area contributed by atoms with E-state index in [0.717, 1.165) is 30.2 Å². The molecule has 0 aromatic carbocycles. The summed E-state index contributed by atoms with van der Waals surface area (Å²) in [5, 5.41) is 9.22. The van der Waals surface area contributed by atoms with Crippen LogP contribution in [0.1, 0.15) is 32.6 Å². The van der Waals surface area contributed by atoms with E-state index < -0.39 is 22.2 Å². The van der Waals surface area contributed by atoms with Gasteiger partial charge in [0.15, 0.2) is 0 Å². The molecule has 2 N–H and O–H groups in total. The van der Waals surface area contributed by atoms with E-state index in [2.05, 4.69) is 9.62 Å². The molecule has 0 spiro atoms. The molecule has 2 aliphatic heterocycles. The predicted molar refractivity (Wildman–Crippen MR) is 79.1 cm³/mol. The zero-order valence-corrected chi connectivity index (χ0v) is 13.5. The summed E-state index contributed by atoms with van der Waals surface area (Å²) in [7, 11) is -1.72. The van der Waals surface area contributed by atoms with E-state index in [1.807, 2.05) is 14.0 Å². The van der Waals surface area contributed by atoms with Crippen LogP contribution in [0.5, 0.6) is 0 Å². The Kier molecular flexibility index (Phi) is 5.24. The molecule has 0 saturated carbocycles. The minimum atomic E-state index is -3.74. The molecule has 2 rings (SSSR count). The Hall–Kier alpha value is -0.700. The predicted octanol–water partition coefficient (Wildman–Crippen LogP) is 0.100. The van der Waals surface area contributed by atoms with Crippen LogP contribution in [0.2, 0.25) is 0 Å². The Morgan fingerprint density at radius 2 is 1.95 bits per heavy atom. The number of hydrogen-bond donors (Lipinski definition) is 2. The van der Waals surface area contributed by atoms with Crippen molar-refractivity contribution in [1.29, 1.82) is 0 Å². The molecule has 0 aliphatic carbocycles. The van der Waals surface area contributed by atoms with E-state index in [9.17, 15) is 18.3 Å². The molecule has 7 nitrogen and oxygen atoms in total. The van der Waals surface area contributed by atoms with Gasteiger partial charge < -0.3 is 10.0 Å². The lowest BCUT2D eigenvalue weighted by Gasteiger charge is -2.38. The first-order valence-electron chi connectivity index (χ1n) is 7.51. The quantitative estimate of drug-likeness (QED) is 0.767. The SMILES string of the molecule is CC1CN(C)CCC1NS(=O)(=O)N1CCCCC1C(=O)O. The summed E-state index contributed by atoms with van der Waals surface area (Å²) < 4.78 is 28.9. The molecular weight excluding hydrogens is 294 g/mol. The number of carbonyl (C=O) groups is 1. The first-order valence-corrected chi connectivity index (χ1v) is 8.95. The molecule has 0 aromatic heterocycles. The molecule has 3 unspecified atom stereocenters. The number of carboxylic acids is 1. The summed E-state index contributed by atoms with van der Waals surface area (Å²) in [4.78, 5) is 13.4. The van der Waals surface area contributed by atoms with Crippen molar-refractivity contribution in [3.8, 4) is 0 Å². The molecular formula is C13H25N3O4S. The number of aliphatic carboxylic acids is 1. The van der Waals surface area contributed by atoms with Gasteiger partial charge in [-0.1, -0.05) is 6.92 Å². The largest absolute Gasteiger partial charge is 0.480 e. The van der Waals surface area contributed by atoms with Gasteiger partial charge in [-0.15, -0.1) is 0 Å². The molecule has 2 aliphatic rings. The van der Waals surface area contributed by atoms with Crippen molar-refractivity contribution in [3.63, 3.8) is 0 Å². The van der Waals surface area contributed by atoms with Gasteiger partial charge in [-0.25, -0.2) is 0 Å². The standard InChI is InChI=1S/C13H25N3O4S/c1-10-9-15(2)8-6-11(10)14-21(19,20)16-7-4-3-5-12(16)13(17)18/h10-12,14H,3-9H2,1-2H3,(H,17,18). The van der Waals surface area contributed by atoms with Crippen LogP contribution in [0.4, 0.5) is 0 Å². The molecule has 2 saturated heterocycles. The van der Waals surface area contributed by atoms with E-state index in [1.54, 1.807) is 0 Å². The van der Waals surface area contributed by atoms with Crippen molar-refractivity contribution in [1.82, 2.24) is 13.9 Å². The number of carboxylic acid groups (broad SMARTS) is 1. The molecule has 21 heavy (non-hydrogen) atoms. The highest BCUT2D eigenvalue weighted by Crippen LogP contribution is 2.22. The Morgan fingerprint density at radius 3 is 2.57 bits per heavy atom. The summed E-state index contributed by atoms with van der Waals surface area (Å²) in [5.74, 6) is -0.844. The van der Waals surface area contributed by atoms with E-state index in [1.165, 1.54) is 0 Å². The molecule has 0 bridgehead atoms. The van der Waals surface area contributed by atoms with Crippen LogP contribution in [0, 0.1) is 5.92 Å². The highest BCUT2D eigenvalue weighted by molar-refractivity contribution is 7.87. The fraction of sp³-hybridized carbons (Fsp3) is 0.923. The lowest BCUT2D eigenvalue weighted by Crippen LogP contribution is -2.57. The highest BCUT2D eigenvalue weighted by atomic mass is 32.2. The molecule has 122 valence electrons. The fourth-order valence-corrected chi connectivity index (χ4v) is 5.00. The zero-order chi connectivity index (χ0) is 15.6. The van der Waals surface area contributed by atoms with Crippen LogP contribution in [-0.4, -0.2) is 67.5 Å². The van der Waals surface area contributed by atoms with Crippen molar-refractivity contribution < 1.29 is 18.3 Å². The van der Waals surface area contributed by atoms with Gasteiger partial charge >= 0.3 is 5.97 Å². The number of rotatable bonds is 4. The Balaban J connectivity index is 2.08. The monoisotopic (exact) mass is 319 g/mol. The van der Waals surface area contributed by atoms with Crippen molar-refractivity contribution in [2.45, 2.75) is 44.7 Å². The summed E-state index contributed by atoms with van der Waals surface area (Å²) in [6, 6.07) is -1.06. The van der Waals surface area contributed by atoms with E-state index >= 15 is 0 Å². The van der Waals surface area contributed by atoms with E-state index in [-0.39, 0.29) is 18.5 Å². The van der Waals surface area contributed by atoms with Gasteiger partial charge in [-0.3, -0.25) is 4.79 Å². The second-order valence-electron chi connectivity index (χ2n) is 6.22. The van der Waals surface area contributed by atoms with Gasteiger partial charge in [0.2, 0.25) is 0 Å². The molecule has 2 heterocycles. The van der Waals surface area contributed by atoms with Crippen LogP contribution in [0.3, 0.4) is 0 Å². The first kappa shape index (κ1) is 16.7. The van der Waals surface area contributed by atoms with Crippen LogP contribution < -0.4 is 4.72 Å². The maximum Gasteiger partial charge on any atom is 0.322 e. The summed E-state index contributed by atoms with van der Waals surface area (Å²) in [5.41, 5.74) is 0. The minimum absolute atomic E-state index is 0.123. The van der Waals surface area contributed by atoms with Crippen molar-refractivity contribution >= 4 is 16.2 Å². The van der Waals surface area contributed by atoms with Crippen molar-refractivity contribution in [2.24, 2.45) is 5.92 Å². The average Bonchev–Trinajstić information content (AvgIpc) is 2.42. The van der Waals surface area contributed by atoms with Gasteiger partial charge in [0.05, 0.1) is 0 Å². The Morgan fingerprint density at radius 1 is 1.24 bits per heavy atom. The van der Waals surface area contributed by atoms with Gasteiger partial charge in [0.1, 0.15) is 6.04 Å². The summed E-state index contributed by atoms with van der Waals surface area (Å²) >= 11 is 0. The van der Waals surface area contributed by atoms with Crippen LogP contribution in [0.25, 0.3) is 0 Å². The third-order valence-corrected chi connectivity index (χ3v) is 6.11. The maximum absolute atomic E-state index is 12.5. The van der Waals surface area contributed by atoms with Gasteiger partial charge in [-0.2, -0.15) is 17.4 Å². The van der Waals surface area contributed by atoms with Crippen molar-refractivity contribution in [3.05, 3.63) is 0 Å². The molecule has 3 atom stereocenters. The van der Waals surface area contributed by atoms with Crippen molar-refractivity contribution in [2.75, 3.05) is 26.7 Å². The number of nitrogens with one attached hydrogen (secondary N) is 1. The normalized spacial score (nSPS) is 33.0. The molecule has 0 radical (unpaired) electrons. The second-order valence-corrected chi connectivity index (χ2v) is 7.87. The number of piperidine rings is 2. The lowest BCUT2D eigenvalue weighted by atomic mass is 9.95. The third-order valence-electron chi connectivity index (χ3n) is 4.46. The van der Waals surface area contributed by atoms with E-state index in [4.69, 9.17) is 0 Å². The fourth-order valence-electron chi connectivity index (χ4n) is 3.23.